The summed E-state index contributed by atoms with van der Waals surface area (Å²) in [7, 11) is 0. The van der Waals surface area contributed by atoms with Gasteiger partial charge in [0.25, 0.3) is 0 Å². The zero-order valence-corrected chi connectivity index (χ0v) is 13.7. The standard InChI is InChI=1S/C18H20N2O5/c1-2-7-14(17(22)23)19-16(21)15-10-6-11-20(15)18(24)25-12-13-8-4-3-5-9-13/h1,3-5,8-9,14-15H,6-7,10-12H2,(H,19,21)(H,22,23)/t14-,15+/m0/s1. The molecule has 2 N–H and O–H groups in total. The van der Waals surface area contributed by atoms with Crippen molar-refractivity contribution < 1.29 is 24.2 Å². The lowest BCUT2D eigenvalue weighted by Crippen LogP contribution is -2.50. The number of carbonyl (C=O) groups is 3. The van der Waals surface area contributed by atoms with Crippen LogP contribution in [-0.4, -0.2) is 46.6 Å². The van der Waals surface area contributed by atoms with Gasteiger partial charge in [0, 0.05) is 13.0 Å². The molecule has 1 heterocycles. The van der Waals surface area contributed by atoms with Crippen molar-refractivity contribution in [1.82, 2.24) is 10.2 Å². The Hall–Kier alpha value is -3.01. The lowest BCUT2D eigenvalue weighted by atomic mass is 10.1. The van der Waals surface area contributed by atoms with Gasteiger partial charge in [-0.3, -0.25) is 9.69 Å². The molecule has 7 nitrogen and oxygen atoms in total. The first kappa shape index (κ1) is 18.3. The van der Waals surface area contributed by atoms with Crippen molar-refractivity contribution in [3.05, 3.63) is 35.9 Å². The highest BCUT2D eigenvalue weighted by atomic mass is 16.6. The maximum Gasteiger partial charge on any atom is 0.410 e. The number of carboxylic acids is 1. The minimum absolute atomic E-state index is 0.110. The number of ether oxygens (including phenoxy) is 1. The molecular weight excluding hydrogens is 324 g/mol. The van der Waals surface area contributed by atoms with Gasteiger partial charge >= 0.3 is 12.1 Å². The van der Waals surface area contributed by atoms with Crippen LogP contribution in [0, 0.1) is 12.3 Å². The third kappa shape index (κ3) is 4.98. The maximum atomic E-state index is 12.3. The van der Waals surface area contributed by atoms with E-state index >= 15 is 0 Å². The molecule has 0 aliphatic carbocycles. The van der Waals surface area contributed by atoms with Crippen molar-refractivity contribution >= 4 is 18.0 Å². The second kappa shape index (κ2) is 8.73. The first-order valence-corrected chi connectivity index (χ1v) is 7.97. The first-order chi connectivity index (χ1) is 12.0. The summed E-state index contributed by atoms with van der Waals surface area (Å²) in [6.07, 6.45) is 5.50. The van der Waals surface area contributed by atoms with E-state index < -0.39 is 30.1 Å². The van der Waals surface area contributed by atoms with E-state index in [0.29, 0.717) is 19.4 Å². The minimum atomic E-state index is -1.21. The predicted octanol–water partition coefficient (Wildman–Crippen LogP) is 1.38. The third-order valence-electron chi connectivity index (χ3n) is 3.93. The smallest absolute Gasteiger partial charge is 0.410 e. The molecule has 7 heteroatoms. The van der Waals surface area contributed by atoms with Gasteiger partial charge in [-0.05, 0) is 18.4 Å². The van der Waals surface area contributed by atoms with Gasteiger partial charge in [-0.2, -0.15) is 0 Å². The van der Waals surface area contributed by atoms with E-state index in [4.69, 9.17) is 16.3 Å². The number of carboxylic acid groups (broad SMARTS) is 1. The van der Waals surface area contributed by atoms with E-state index in [1.807, 2.05) is 30.3 Å². The number of nitrogens with zero attached hydrogens (tertiary/aromatic N) is 1. The van der Waals surface area contributed by atoms with Gasteiger partial charge in [0.2, 0.25) is 5.91 Å². The number of terminal acetylenes is 1. The molecule has 1 aliphatic rings. The molecule has 25 heavy (non-hydrogen) atoms. The van der Waals surface area contributed by atoms with Gasteiger partial charge in [-0.25, -0.2) is 9.59 Å². The van der Waals surface area contributed by atoms with Crippen molar-refractivity contribution in [3.8, 4) is 12.3 Å². The van der Waals surface area contributed by atoms with Crippen molar-refractivity contribution in [2.45, 2.75) is 38.0 Å². The van der Waals surface area contributed by atoms with Crippen LogP contribution < -0.4 is 5.32 Å². The molecule has 2 rings (SSSR count). The Labute approximate surface area is 146 Å². The zero-order chi connectivity index (χ0) is 18.2. The lowest BCUT2D eigenvalue weighted by molar-refractivity contribution is -0.142. The summed E-state index contributed by atoms with van der Waals surface area (Å²) in [5.74, 6) is 0.480. The molecule has 0 aromatic heterocycles. The molecular formula is C18H20N2O5. The molecule has 1 fully saturated rings. The fourth-order valence-corrected chi connectivity index (χ4v) is 2.65. The highest BCUT2D eigenvalue weighted by Gasteiger charge is 2.36. The second-order valence-corrected chi connectivity index (χ2v) is 5.70. The largest absolute Gasteiger partial charge is 0.480 e. The highest BCUT2D eigenvalue weighted by Crippen LogP contribution is 2.19. The second-order valence-electron chi connectivity index (χ2n) is 5.70. The summed E-state index contributed by atoms with van der Waals surface area (Å²) in [5.41, 5.74) is 0.844. The van der Waals surface area contributed by atoms with Gasteiger partial charge in [0.1, 0.15) is 18.7 Å². The highest BCUT2D eigenvalue weighted by molar-refractivity contribution is 5.89. The van der Waals surface area contributed by atoms with Gasteiger partial charge in [0.15, 0.2) is 0 Å². The van der Waals surface area contributed by atoms with E-state index in [1.165, 1.54) is 4.90 Å². The minimum Gasteiger partial charge on any atom is -0.480 e. The number of benzene rings is 1. The molecule has 0 radical (unpaired) electrons. The summed E-state index contributed by atoms with van der Waals surface area (Å²) in [6.45, 7) is 0.498. The van der Waals surface area contributed by atoms with Crippen molar-refractivity contribution in [3.63, 3.8) is 0 Å². The number of rotatable bonds is 6. The Morgan fingerprint density at radius 2 is 2.08 bits per heavy atom. The fraction of sp³-hybridized carbons (Fsp3) is 0.389. The van der Waals surface area contributed by atoms with Crippen molar-refractivity contribution in [1.29, 1.82) is 0 Å². The Bertz CT molecular complexity index is 668. The van der Waals surface area contributed by atoms with Crippen LogP contribution in [0.25, 0.3) is 0 Å². The van der Waals surface area contributed by atoms with E-state index in [0.717, 1.165) is 5.56 Å². The number of hydrogen-bond donors (Lipinski definition) is 2. The summed E-state index contributed by atoms with van der Waals surface area (Å²) in [4.78, 5) is 37.0. The predicted molar refractivity (Wildman–Crippen MR) is 89.4 cm³/mol. The van der Waals surface area contributed by atoms with Crippen LogP contribution in [0.1, 0.15) is 24.8 Å². The van der Waals surface area contributed by atoms with Crippen LogP contribution in [0.3, 0.4) is 0 Å². The van der Waals surface area contributed by atoms with Crippen LogP contribution in [0.15, 0.2) is 30.3 Å². The first-order valence-electron chi connectivity index (χ1n) is 7.97. The quantitative estimate of drug-likeness (QED) is 0.760. The molecule has 0 spiro atoms. The average Bonchev–Trinajstić information content (AvgIpc) is 3.10. The van der Waals surface area contributed by atoms with Gasteiger partial charge in [-0.1, -0.05) is 30.3 Å². The fourth-order valence-electron chi connectivity index (χ4n) is 2.65. The monoisotopic (exact) mass is 344 g/mol. The molecule has 0 unspecified atom stereocenters. The SMILES string of the molecule is C#CC[C@H](NC(=O)[C@H]1CCCN1C(=O)OCc1ccccc1)C(=O)O. The number of amides is 2. The van der Waals surface area contributed by atoms with Crippen molar-refractivity contribution in [2.24, 2.45) is 0 Å². The Morgan fingerprint density at radius 1 is 1.36 bits per heavy atom. The van der Waals surface area contributed by atoms with Gasteiger partial charge < -0.3 is 15.2 Å². The Kier molecular flexibility index (Phi) is 6.40. The van der Waals surface area contributed by atoms with Gasteiger partial charge in [0.05, 0.1) is 0 Å². The summed E-state index contributed by atoms with van der Waals surface area (Å²) >= 11 is 0. The van der Waals surface area contributed by atoms with E-state index in [9.17, 15) is 14.4 Å². The van der Waals surface area contributed by atoms with E-state index in [-0.39, 0.29) is 13.0 Å². The average molecular weight is 344 g/mol. The number of likely N-dealkylation sites (tertiary alicyclic amines) is 1. The normalized spacial score (nSPS) is 17.4. The molecule has 1 aromatic rings. The molecule has 1 saturated heterocycles. The topological polar surface area (TPSA) is 95.9 Å². The number of aliphatic carboxylic acids is 1. The summed E-state index contributed by atoms with van der Waals surface area (Å²) < 4.78 is 5.25. The van der Waals surface area contributed by atoms with E-state index in [2.05, 4.69) is 11.2 Å². The summed E-state index contributed by atoms with van der Waals surface area (Å²) in [6, 6.07) is 7.29. The Morgan fingerprint density at radius 3 is 2.72 bits per heavy atom. The molecule has 1 aliphatic heterocycles. The molecule has 0 saturated carbocycles. The van der Waals surface area contributed by atoms with Crippen LogP contribution in [0.5, 0.6) is 0 Å². The molecule has 0 bridgehead atoms. The van der Waals surface area contributed by atoms with E-state index in [1.54, 1.807) is 0 Å². The summed E-state index contributed by atoms with van der Waals surface area (Å²) in [5, 5.41) is 11.5. The van der Waals surface area contributed by atoms with Crippen LogP contribution in [0.2, 0.25) is 0 Å². The molecule has 132 valence electrons. The molecule has 2 atom stereocenters. The van der Waals surface area contributed by atoms with Crippen molar-refractivity contribution in [2.75, 3.05) is 6.54 Å². The zero-order valence-electron chi connectivity index (χ0n) is 13.7. The van der Waals surface area contributed by atoms with Gasteiger partial charge in [-0.15, -0.1) is 12.3 Å². The van der Waals surface area contributed by atoms with Crippen LogP contribution in [0.4, 0.5) is 4.79 Å². The van der Waals surface area contributed by atoms with Crippen LogP contribution >= 0.6 is 0 Å². The van der Waals surface area contributed by atoms with Crippen LogP contribution in [-0.2, 0) is 20.9 Å². The third-order valence-corrected chi connectivity index (χ3v) is 3.93. The number of nitrogens with one attached hydrogen (secondary N) is 1. The maximum absolute atomic E-state index is 12.3. The molecule has 1 aromatic carbocycles. The molecule has 2 amide bonds. The Balaban J connectivity index is 1.94. The number of carbonyl (C=O) groups excluding carboxylic acids is 2. The number of hydrogen-bond acceptors (Lipinski definition) is 4. The lowest BCUT2D eigenvalue weighted by Gasteiger charge is -2.24.